The van der Waals surface area contributed by atoms with Crippen LogP contribution in [0.5, 0.6) is 0 Å². The van der Waals surface area contributed by atoms with Crippen molar-refractivity contribution in [2.75, 3.05) is 5.32 Å². The molecule has 3 nitrogen and oxygen atoms in total. The van der Waals surface area contributed by atoms with E-state index in [1.807, 2.05) is 0 Å². The van der Waals surface area contributed by atoms with E-state index in [9.17, 15) is 4.39 Å². The van der Waals surface area contributed by atoms with Gasteiger partial charge in [0.15, 0.2) is 0 Å². The summed E-state index contributed by atoms with van der Waals surface area (Å²) in [6.07, 6.45) is 1.22. The molecule has 0 saturated heterocycles. The van der Waals surface area contributed by atoms with E-state index in [4.69, 9.17) is 10.5 Å². The van der Waals surface area contributed by atoms with Crippen LogP contribution in [0.15, 0.2) is 34.4 Å². The summed E-state index contributed by atoms with van der Waals surface area (Å²) in [5, 5.41) is 19.6. The smallest absolute Gasteiger partial charge is 0.145 e. The van der Waals surface area contributed by atoms with Crippen LogP contribution in [0, 0.1) is 28.5 Å². The van der Waals surface area contributed by atoms with Crippen molar-refractivity contribution in [1.82, 2.24) is 0 Å². The Balaban J connectivity index is 2.93. The van der Waals surface area contributed by atoms with E-state index in [0.717, 1.165) is 0 Å². The molecule has 0 heterocycles. The van der Waals surface area contributed by atoms with Gasteiger partial charge >= 0.3 is 0 Å². The molecule has 1 aromatic carbocycles. The lowest BCUT2D eigenvalue weighted by molar-refractivity contribution is 0.622. The van der Waals surface area contributed by atoms with Gasteiger partial charge in [0.1, 0.15) is 23.5 Å². The molecule has 0 radical (unpaired) electrons. The van der Waals surface area contributed by atoms with Gasteiger partial charge in [-0.15, -0.1) is 0 Å². The molecule has 0 bridgehead atoms. The number of benzene rings is 1. The van der Waals surface area contributed by atoms with Gasteiger partial charge in [-0.05, 0) is 28.1 Å². The number of anilines is 1. The average molecular weight is 266 g/mol. The second-order valence-electron chi connectivity index (χ2n) is 2.53. The highest BCUT2D eigenvalue weighted by molar-refractivity contribution is 9.10. The molecule has 1 aromatic rings. The first-order valence-corrected chi connectivity index (χ1v) is 4.69. The van der Waals surface area contributed by atoms with Crippen LogP contribution >= 0.6 is 15.9 Å². The van der Waals surface area contributed by atoms with Crippen LogP contribution in [0.2, 0.25) is 0 Å². The second kappa shape index (κ2) is 5.14. The number of nitrogens with one attached hydrogen (secondary N) is 1. The van der Waals surface area contributed by atoms with E-state index in [1.165, 1.54) is 18.3 Å². The summed E-state index contributed by atoms with van der Waals surface area (Å²) < 4.78 is 13.3. The fourth-order valence-corrected chi connectivity index (χ4v) is 1.23. The molecule has 0 saturated carbocycles. The maximum atomic E-state index is 13.0. The van der Waals surface area contributed by atoms with Crippen LogP contribution in [0.25, 0.3) is 0 Å². The first kappa shape index (κ1) is 11.2. The van der Waals surface area contributed by atoms with Crippen LogP contribution in [0.1, 0.15) is 0 Å². The monoisotopic (exact) mass is 265 g/mol. The van der Waals surface area contributed by atoms with Gasteiger partial charge in [0.2, 0.25) is 0 Å². The number of allylic oxidation sites excluding steroid dienone is 1. The Hall–Kier alpha value is -1.85. The van der Waals surface area contributed by atoms with Gasteiger partial charge in [-0.3, -0.25) is 0 Å². The van der Waals surface area contributed by atoms with Crippen LogP contribution in [0.4, 0.5) is 10.1 Å². The Kier molecular flexibility index (Phi) is 3.84. The summed E-state index contributed by atoms with van der Waals surface area (Å²) in [5.41, 5.74) is 0.379. The molecule has 1 N–H and O–H groups in total. The van der Waals surface area contributed by atoms with E-state index in [2.05, 4.69) is 21.2 Å². The maximum absolute atomic E-state index is 13.0. The Morgan fingerprint density at radius 3 is 2.67 bits per heavy atom. The van der Waals surface area contributed by atoms with E-state index in [-0.39, 0.29) is 10.0 Å². The van der Waals surface area contributed by atoms with Gasteiger partial charge in [-0.1, -0.05) is 6.07 Å². The van der Waals surface area contributed by atoms with Crippen molar-refractivity contribution >= 4 is 21.6 Å². The number of hydrogen-bond donors (Lipinski definition) is 1. The highest BCUT2D eigenvalue weighted by Crippen LogP contribution is 2.25. The largest absolute Gasteiger partial charge is 0.359 e. The van der Waals surface area contributed by atoms with Gasteiger partial charge in [-0.25, -0.2) is 4.39 Å². The topological polar surface area (TPSA) is 59.6 Å². The molecule has 0 aliphatic rings. The van der Waals surface area contributed by atoms with E-state index >= 15 is 0 Å². The fraction of sp³-hybridized carbons (Fsp3) is 0. The van der Waals surface area contributed by atoms with Crippen molar-refractivity contribution in [3.63, 3.8) is 0 Å². The first-order valence-electron chi connectivity index (χ1n) is 3.90. The lowest BCUT2D eigenvalue weighted by Crippen LogP contribution is -1.92. The third-order valence-electron chi connectivity index (χ3n) is 1.56. The zero-order chi connectivity index (χ0) is 11.3. The number of hydrogen-bond acceptors (Lipinski definition) is 3. The van der Waals surface area contributed by atoms with Crippen LogP contribution in [-0.2, 0) is 0 Å². The zero-order valence-electron chi connectivity index (χ0n) is 7.46. The third kappa shape index (κ3) is 2.80. The van der Waals surface area contributed by atoms with Crippen molar-refractivity contribution in [3.05, 3.63) is 40.3 Å². The van der Waals surface area contributed by atoms with Crippen LogP contribution < -0.4 is 5.32 Å². The van der Waals surface area contributed by atoms with Crippen molar-refractivity contribution in [2.45, 2.75) is 0 Å². The summed E-state index contributed by atoms with van der Waals surface area (Å²) in [5.74, 6) is -0.413. The fourth-order valence-electron chi connectivity index (χ4n) is 0.855. The van der Waals surface area contributed by atoms with Crippen LogP contribution in [-0.4, -0.2) is 0 Å². The molecule has 5 heteroatoms. The molecule has 1 rings (SSSR count). The quantitative estimate of drug-likeness (QED) is 0.837. The molecule has 0 aliphatic heterocycles. The minimum atomic E-state index is -0.413. The Labute approximate surface area is 94.6 Å². The van der Waals surface area contributed by atoms with Gasteiger partial charge in [0, 0.05) is 6.20 Å². The average Bonchev–Trinajstić information content (AvgIpc) is 2.25. The van der Waals surface area contributed by atoms with Crippen molar-refractivity contribution in [1.29, 1.82) is 10.5 Å². The number of halogens is 2. The van der Waals surface area contributed by atoms with Crippen molar-refractivity contribution in [2.24, 2.45) is 0 Å². The molecular weight excluding hydrogens is 261 g/mol. The minimum absolute atomic E-state index is 0.0776. The third-order valence-corrected chi connectivity index (χ3v) is 2.37. The highest BCUT2D eigenvalue weighted by Gasteiger charge is 2.03. The van der Waals surface area contributed by atoms with Crippen molar-refractivity contribution < 1.29 is 4.39 Å². The molecule has 0 atom stereocenters. The summed E-state index contributed by atoms with van der Waals surface area (Å²) >= 11 is 3.04. The predicted molar refractivity (Wildman–Crippen MR) is 57.0 cm³/mol. The molecule has 0 spiro atoms. The summed E-state index contributed by atoms with van der Waals surface area (Å²) in [7, 11) is 0. The summed E-state index contributed by atoms with van der Waals surface area (Å²) in [4.78, 5) is 0. The SMILES string of the molecule is N#CC(C#N)=CNc1cccc(F)c1Br. The molecule has 0 amide bonds. The Morgan fingerprint density at radius 2 is 2.07 bits per heavy atom. The lowest BCUT2D eigenvalue weighted by Gasteiger charge is -2.03. The van der Waals surface area contributed by atoms with Gasteiger partial charge in [0.05, 0.1) is 10.2 Å². The van der Waals surface area contributed by atoms with E-state index < -0.39 is 5.82 Å². The van der Waals surface area contributed by atoms with Gasteiger partial charge < -0.3 is 5.32 Å². The van der Waals surface area contributed by atoms with Crippen LogP contribution in [0.3, 0.4) is 0 Å². The molecule has 15 heavy (non-hydrogen) atoms. The van der Waals surface area contributed by atoms with Crippen molar-refractivity contribution in [3.8, 4) is 12.1 Å². The molecule has 0 fully saturated rings. The molecule has 0 aromatic heterocycles. The Bertz CT molecular complexity index is 466. The Morgan fingerprint density at radius 1 is 1.40 bits per heavy atom. The summed E-state index contributed by atoms with van der Waals surface area (Å²) in [6, 6.07) is 7.81. The van der Waals surface area contributed by atoms with E-state index in [0.29, 0.717) is 5.69 Å². The standard InChI is InChI=1S/C10H5BrFN3/c11-10-8(12)2-1-3-9(10)15-6-7(4-13)5-14/h1-3,6,15H. The number of nitrogens with zero attached hydrogens (tertiary/aromatic N) is 2. The zero-order valence-corrected chi connectivity index (χ0v) is 9.05. The minimum Gasteiger partial charge on any atom is -0.359 e. The molecule has 0 unspecified atom stereocenters. The number of nitriles is 2. The molecule has 0 aliphatic carbocycles. The molecular formula is C10H5BrFN3. The van der Waals surface area contributed by atoms with Gasteiger partial charge in [-0.2, -0.15) is 10.5 Å². The lowest BCUT2D eigenvalue weighted by atomic mass is 10.3. The number of rotatable bonds is 2. The normalized spacial score (nSPS) is 8.53. The first-order chi connectivity index (χ1) is 7.19. The summed E-state index contributed by atoms with van der Waals surface area (Å²) in [6.45, 7) is 0. The van der Waals surface area contributed by atoms with E-state index in [1.54, 1.807) is 18.2 Å². The maximum Gasteiger partial charge on any atom is 0.145 e. The van der Waals surface area contributed by atoms with Gasteiger partial charge in [0.25, 0.3) is 0 Å². The second-order valence-corrected chi connectivity index (χ2v) is 3.32. The highest BCUT2D eigenvalue weighted by atomic mass is 79.9. The molecule has 74 valence electrons. The predicted octanol–water partition coefficient (Wildman–Crippen LogP) is 2.93.